The minimum absolute atomic E-state index is 0.0285. The molecular weight excluding hydrogens is 322 g/mol. The monoisotopic (exact) mass is 353 g/mol. The number of rotatable bonds is 5. The van der Waals surface area contributed by atoms with Gasteiger partial charge in [-0.1, -0.05) is 19.3 Å². The third-order valence-corrected chi connectivity index (χ3v) is 5.12. The topological polar surface area (TPSA) is 79.0 Å². The van der Waals surface area contributed by atoms with Gasteiger partial charge in [0.05, 0.1) is 13.2 Å². The predicted octanol–water partition coefficient (Wildman–Crippen LogP) is 1.90. The van der Waals surface area contributed by atoms with Crippen LogP contribution in [-0.4, -0.2) is 66.0 Å². The lowest BCUT2D eigenvalue weighted by Gasteiger charge is -2.35. The standard InChI is InChI=1S/C18H31N3O4/c1-3-25-18(24)20-11-9-15(10-12-20)19-17(23)13-21(14(2)22)16-7-5-4-6-8-16/h15-16H,3-13H2,1-2H3,(H,19,23). The lowest BCUT2D eigenvalue weighted by atomic mass is 9.94. The number of carbonyl (C=O) groups is 3. The zero-order valence-corrected chi connectivity index (χ0v) is 15.5. The Kier molecular flexibility index (Phi) is 7.52. The first-order valence-electron chi connectivity index (χ1n) is 9.49. The van der Waals surface area contributed by atoms with E-state index < -0.39 is 0 Å². The summed E-state index contributed by atoms with van der Waals surface area (Å²) in [5, 5.41) is 3.02. The highest BCUT2D eigenvalue weighted by Crippen LogP contribution is 2.22. The van der Waals surface area contributed by atoms with E-state index in [-0.39, 0.29) is 36.5 Å². The summed E-state index contributed by atoms with van der Waals surface area (Å²) in [4.78, 5) is 39.4. The number of carbonyl (C=O) groups excluding carboxylic acids is 3. The molecule has 0 bridgehead atoms. The molecular formula is C18H31N3O4. The van der Waals surface area contributed by atoms with Gasteiger partial charge in [0.15, 0.2) is 0 Å². The molecule has 1 saturated heterocycles. The molecule has 7 heteroatoms. The molecule has 3 amide bonds. The first kappa shape index (κ1) is 19.5. The van der Waals surface area contributed by atoms with E-state index in [9.17, 15) is 14.4 Å². The molecule has 1 heterocycles. The second-order valence-electron chi connectivity index (χ2n) is 6.97. The van der Waals surface area contributed by atoms with Crippen molar-refractivity contribution < 1.29 is 19.1 Å². The predicted molar refractivity (Wildman–Crippen MR) is 94.0 cm³/mol. The van der Waals surface area contributed by atoms with Crippen LogP contribution in [0.15, 0.2) is 0 Å². The molecule has 0 unspecified atom stereocenters. The molecule has 0 aromatic carbocycles. The SMILES string of the molecule is CCOC(=O)N1CCC(NC(=O)CN(C(C)=O)C2CCCCC2)CC1. The van der Waals surface area contributed by atoms with E-state index in [1.54, 1.807) is 23.6 Å². The number of ether oxygens (including phenoxy) is 1. The maximum Gasteiger partial charge on any atom is 0.409 e. The average Bonchev–Trinajstić information content (AvgIpc) is 2.61. The van der Waals surface area contributed by atoms with Gasteiger partial charge in [0, 0.05) is 32.1 Å². The second-order valence-corrected chi connectivity index (χ2v) is 6.97. The number of nitrogens with zero attached hydrogens (tertiary/aromatic N) is 2. The van der Waals surface area contributed by atoms with Crippen LogP contribution in [0.4, 0.5) is 4.79 Å². The Morgan fingerprint density at radius 1 is 1.08 bits per heavy atom. The maximum absolute atomic E-state index is 12.4. The minimum atomic E-state index is -0.285. The first-order chi connectivity index (χ1) is 12.0. The fraction of sp³-hybridized carbons (Fsp3) is 0.833. The van der Waals surface area contributed by atoms with Gasteiger partial charge in [-0.2, -0.15) is 0 Å². The fourth-order valence-corrected chi connectivity index (χ4v) is 3.74. The molecule has 0 aromatic rings. The molecule has 25 heavy (non-hydrogen) atoms. The molecule has 1 N–H and O–H groups in total. The summed E-state index contributed by atoms with van der Waals surface area (Å²) in [6.45, 7) is 5.01. The van der Waals surface area contributed by atoms with Crippen LogP contribution in [0.25, 0.3) is 0 Å². The minimum Gasteiger partial charge on any atom is -0.450 e. The van der Waals surface area contributed by atoms with E-state index in [1.807, 2.05) is 0 Å². The molecule has 1 saturated carbocycles. The molecule has 142 valence electrons. The van der Waals surface area contributed by atoms with Crippen molar-refractivity contribution in [3.05, 3.63) is 0 Å². The molecule has 0 aromatic heterocycles. The van der Waals surface area contributed by atoms with Gasteiger partial charge in [-0.15, -0.1) is 0 Å². The number of likely N-dealkylation sites (tertiary alicyclic amines) is 1. The maximum atomic E-state index is 12.4. The van der Waals surface area contributed by atoms with E-state index in [0.29, 0.717) is 32.5 Å². The summed E-state index contributed by atoms with van der Waals surface area (Å²) in [6.07, 6.45) is 6.60. The van der Waals surface area contributed by atoms with Gasteiger partial charge in [-0.25, -0.2) is 4.79 Å². The van der Waals surface area contributed by atoms with Crippen molar-refractivity contribution in [3.8, 4) is 0 Å². The number of hydrogen-bond donors (Lipinski definition) is 1. The second kappa shape index (κ2) is 9.63. The number of amides is 3. The molecule has 7 nitrogen and oxygen atoms in total. The molecule has 0 atom stereocenters. The first-order valence-corrected chi connectivity index (χ1v) is 9.49. The van der Waals surface area contributed by atoms with Gasteiger partial charge in [-0.05, 0) is 32.6 Å². The Morgan fingerprint density at radius 2 is 1.72 bits per heavy atom. The normalized spacial score (nSPS) is 19.4. The Bertz CT molecular complexity index is 469. The number of hydrogen-bond acceptors (Lipinski definition) is 4. The summed E-state index contributed by atoms with van der Waals surface area (Å²) in [7, 11) is 0. The third-order valence-electron chi connectivity index (χ3n) is 5.12. The Hall–Kier alpha value is -1.79. The molecule has 1 aliphatic carbocycles. The molecule has 2 rings (SSSR count). The molecule has 2 aliphatic rings. The summed E-state index contributed by atoms with van der Waals surface area (Å²) in [6, 6.07) is 0.251. The largest absolute Gasteiger partial charge is 0.450 e. The van der Waals surface area contributed by atoms with Gasteiger partial charge < -0.3 is 19.9 Å². The van der Waals surface area contributed by atoms with Crippen molar-refractivity contribution in [1.29, 1.82) is 0 Å². The van der Waals surface area contributed by atoms with Crippen LogP contribution in [0.2, 0.25) is 0 Å². The van der Waals surface area contributed by atoms with E-state index in [1.165, 1.54) is 6.42 Å². The summed E-state index contributed by atoms with van der Waals surface area (Å²) < 4.78 is 5.00. The zero-order valence-electron chi connectivity index (χ0n) is 15.5. The van der Waals surface area contributed by atoms with Crippen molar-refractivity contribution in [2.45, 2.75) is 70.9 Å². The summed E-state index contributed by atoms with van der Waals surface area (Å²) >= 11 is 0. The van der Waals surface area contributed by atoms with E-state index in [2.05, 4.69) is 5.32 Å². The van der Waals surface area contributed by atoms with Gasteiger partial charge in [-0.3, -0.25) is 9.59 Å². The van der Waals surface area contributed by atoms with Gasteiger partial charge in [0.25, 0.3) is 0 Å². The van der Waals surface area contributed by atoms with Crippen LogP contribution >= 0.6 is 0 Å². The van der Waals surface area contributed by atoms with Crippen LogP contribution in [0.1, 0.15) is 58.8 Å². The van der Waals surface area contributed by atoms with Gasteiger partial charge >= 0.3 is 6.09 Å². The summed E-state index contributed by atoms with van der Waals surface area (Å²) in [5.74, 6) is -0.130. The quantitative estimate of drug-likeness (QED) is 0.819. The number of nitrogens with one attached hydrogen (secondary N) is 1. The lowest BCUT2D eigenvalue weighted by Crippen LogP contribution is -2.51. The number of piperidine rings is 1. The average molecular weight is 353 g/mol. The van der Waals surface area contributed by atoms with E-state index in [0.717, 1.165) is 25.7 Å². The van der Waals surface area contributed by atoms with Crippen molar-refractivity contribution in [2.24, 2.45) is 0 Å². The van der Waals surface area contributed by atoms with Crippen molar-refractivity contribution >= 4 is 17.9 Å². The van der Waals surface area contributed by atoms with Crippen molar-refractivity contribution in [3.63, 3.8) is 0 Å². The molecule has 1 aliphatic heterocycles. The highest BCUT2D eigenvalue weighted by molar-refractivity contribution is 5.84. The van der Waals surface area contributed by atoms with Crippen molar-refractivity contribution in [2.75, 3.05) is 26.2 Å². The molecule has 0 spiro atoms. The van der Waals surface area contributed by atoms with Crippen LogP contribution < -0.4 is 5.32 Å². The molecule has 2 fully saturated rings. The smallest absolute Gasteiger partial charge is 0.409 e. The lowest BCUT2D eigenvalue weighted by molar-refractivity contribution is -0.137. The van der Waals surface area contributed by atoms with E-state index in [4.69, 9.17) is 4.74 Å². The van der Waals surface area contributed by atoms with Crippen molar-refractivity contribution in [1.82, 2.24) is 15.1 Å². The summed E-state index contributed by atoms with van der Waals surface area (Å²) in [5.41, 5.74) is 0. The van der Waals surface area contributed by atoms with Crippen LogP contribution in [-0.2, 0) is 14.3 Å². The van der Waals surface area contributed by atoms with E-state index >= 15 is 0 Å². The third kappa shape index (κ3) is 5.90. The van der Waals surface area contributed by atoms with Crippen LogP contribution in [0.3, 0.4) is 0 Å². The Balaban J connectivity index is 1.77. The van der Waals surface area contributed by atoms with Crippen LogP contribution in [0, 0.1) is 0 Å². The Labute approximate surface area is 150 Å². The highest BCUT2D eigenvalue weighted by atomic mass is 16.6. The van der Waals surface area contributed by atoms with Gasteiger partial charge in [0.2, 0.25) is 11.8 Å². The van der Waals surface area contributed by atoms with Gasteiger partial charge in [0.1, 0.15) is 0 Å². The Morgan fingerprint density at radius 3 is 2.28 bits per heavy atom. The fourth-order valence-electron chi connectivity index (χ4n) is 3.74. The zero-order chi connectivity index (χ0) is 18.2. The molecule has 0 radical (unpaired) electrons. The highest BCUT2D eigenvalue weighted by Gasteiger charge is 2.28. The van der Waals surface area contributed by atoms with Crippen LogP contribution in [0.5, 0.6) is 0 Å².